The van der Waals surface area contributed by atoms with E-state index in [-0.39, 0.29) is 24.1 Å². The van der Waals surface area contributed by atoms with E-state index in [1.165, 1.54) is 11.1 Å². The van der Waals surface area contributed by atoms with Crippen LogP contribution < -0.4 is 0 Å². The van der Waals surface area contributed by atoms with Gasteiger partial charge in [0.05, 0.1) is 12.2 Å². The number of esters is 1. The monoisotopic (exact) mass is 358 g/mol. The van der Waals surface area contributed by atoms with Gasteiger partial charge >= 0.3 is 5.97 Å². The van der Waals surface area contributed by atoms with Crippen molar-refractivity contribution in [3.8, 4) is 5.75 Å². The van der Waals surface area contributed by atoms with Gasteiger partial charge in [-0.1, -0.05) is 6.07 Å². The molecule has 0 aromatic heterocycles. The van der Waals surface area contributed by atoms with Crippen LogP contribution in [0.4, 0.5) is 0 Å². The zero-order valence-corrected chi connectivity index (χ0v) is 15.7. The number of ether oxygens (including phenoxy) is 1. The lowest BCUT2D eigenvalue weighted by Crippen LogP contribution is -2.42. The average Bonchev–Trinajstić information content (AvgIpc) is 2.94. The Labute approximate surface area is 155 Å². The Morgan fingerprint density at radius 1 is 1.19 bits per heavy atom. The summed E-state index contributed by atoms with van der Waals surface area (Å²) in [5, 5.41) is 20.4. The molecule has 3 aliphatic carbocycles. The number of phenols is 1. The van der Waals surface area contributed by atoms with Gasteiger partial charge in [-0.05, 0) is 98.8 Å². The Hall–Kier alpha value is -1.55. The van der Waals surface area contributed by atoms with E-state index in [1.807, 2.05) is 19.9 Å². The summed E-state index contributed by atoms with van der Waals surface area (Å²) in [7, 11) is 0. The van der Waals surface area contributed by atoms with E-state index >= 15 is 0 Å². The van der Waals surface area contributed by atoms with Crippen molar-refractivity contribution in [2.24, 2.45) is 23.7 Å². The number of aliphatic hydroxyl groups excluding tert-OH is 1. The predicted molar refractivity (Wildman–Crippen MR) is 98.8 cm³/mol. The van der Waals surface area contributed by atoms with E-state index in [4.69, 9.17) is 4.74 Å². The first kappa shape index (κ1) is 17.8. The first-order valence-corrected chi connectivity index (χ1v) is 10.1. The molecule has 4 unspecified atom stereocenters. The third-order valence-electron chi connectivity index (χ3n) is 6.96. The van der Waals surface area contributed by atoms with Crippen LogP contribution in [0.15, 0.2) is 18.2 Å². The van der Waals surface area contributed by atoms with Crippen molar-refractivity contribution in [1.82, 2.24) is 0 Å². The fraction of sp³-hybridized carbons (Fsp3) is 0.682. The van der Waals surface area contributed by atoms with Gasteiger partial charge in [-0.25, -0.2) is 0 Å². The van der Waals surface area contributed by atoms with Crippen molar-refractivity contribution < 1.29 is 19.7 Å². The summed E-state index contributed by atoms with van der Waals surface area (Å²) < 4.78 is 5.44. The maximum atomic E-state index is 12.4. The number of aromatic hydroxyl groups is 1. The lowest BCUT2D eigenvalue weighted by molar-refractivity contribution is -0.149. The number of fused-ring (bicyclic) bond motifs is 5. The summed E-state index contributed by atoms with van der Waals surface area (Å²) >= 11 is 0. The Bertz CT molecular complexity index is 683. The van der Waals surface area contributed by atoms with Gasteiger partial charge in [-0.15, -0.1) is 0 Å². The van der Waals surface area contributed by atoms with E-state index in [0.717, 1.165) is 32.1 Å². The topological polar surface area (TPSA) is 66.8 Å². The van der Waals surface area contributed by atoms with Gasteiger partial charge in [0.15, 0.2) is 0 Å². The lowest BCUT2D eigenvalue weighted by atomic mass is 9.56. The number of carbonyl (C=O) groups excluding carboxylic acids is 1. The molecule has 0 amide bonds. The summed E-state index contributed by atoms with van der Waals surface area (Å²) in [6.07, 6.45) is 5.08. The van der Waals surface area contributed by atoms with Crippen molar-refractivity contribution >= 4 is 5.97 Å². The Morgan fingerprint density at radius 3 is 2.77 bits per heavy atom. The van der Waals surface area contributed by atoms with E-state index in [1.54, 1.807) is 6.07 Å². The first-order valence-electron chi connectivity index (χ1n) is 10.1. The highest BCUT2D eigenvalue weighted by Crippen LogP contribution is 2.58. The molecule has 1 aromatic rings. The molecule has 4 heteroatoms. The van der Waals surface area contributed by atoms with Gasteiger partial charge in [-0.2, -0.15) is 0 Å². The second-order valence-corrected chi connectivity index (χ2v) is 8.82. The lowest BCUT2D eigenvalue weighted by Gasteiger charge is -2.49. The van der Waals surface area contributed by atoms with E-state index in [9.17, 15) is 15.0 Å². The number of hydrogen-bond donors (Lipinski definition) is 2. The minimum Gasteiger partial charge on any atom is -0.508 e. The molecule has 2 N–H and O–H groups in total. The summed E-state index contributed by atoms with van der Waals surface area (Å²) in [6.45, 7) is 3.77. The minimum atomic E-state index is -0.217. The largest absolute Gasteiger partial charge is 0.508 e. The molecule has 1 aromatic carbocycles. The van der Waals surface area contributed by atoms with Gasteiger partial charge in [0.2, 0.25) is 0 Å². The minimum absolute atomic E-state index is 0.0951. The molecule has 0 bridgehead atoms. The Morgan fingerprint density at radius 2 is 2.00 bits per heavy atom. The quantitative estimate of drug-likeness (QED) is 0.807. The molecule has 142 valence electrons. The van der Waals surface area contributed by atoms with Gasteiger partial charge in [-0.3, -0.25) is 4.79 Å². The predicted octanol–water partition coefficient (Wildman–Crippen LogP) is 3.79. The summed E-state index contributed by atoms with van der Waals surface area (Å²) in [4.78, 5) is 12.4. The number of rotatable bonds is 3. The van der Waals surface area contributed by atoms with Gasteiger partial charge in [0.1, 0.15) is 5.75 Å². The molecular formula is C22H30O4. The van der Waals surface area contributed by atoms with Crippen LogP contribution in [0.25, 0.3) is 0 Å². The first-order chi connectivity index (χ1) is 12.4. The maximum absolute atomic E-state index is 12.4. The zero-order valence-electron chi connectivity index (χ0n) is 15.7. The average molecular weight is 358 g/mol. The van der Waals surface area contributed by atoms with Crippen LogP contribution in [-0.2, 0) is 16.0 Å². The summed E-state index contributed by atoms with van der Waals surface area (Å²) in [5.74, 6) is 2.17. The van der Waals surface area contributed by atoms with Gasteiger partial charge < -0.3 is 14.9 Å². The van der Waals surface area contributed by atoms with Crippen LogP contribution >= 0.6 is 0 Å². The van der Waals surface area contributed by atoms with Crippen molar-refractivity contribution in [1.29, 1.82) is 0 Å². The third-order valence-corrected chi connectivity index (χ3v) is 6.96. The molecular weight excluding hydrogens is 328 g/mol. The van der Waals surface area contributed by atoms with Crippen molar-refractivity contribution in [3.05, 3.63) is 29.3 Å². The highest BCUT2D eigenvalue weighted by atomic mass is 16.5. The fourth-order valence-corrected chi connectivity index (χ4v) is 6.12. The Kier molecular flexibility index (Phi) is 4.72. The number of benzene rings is 1. The SMILES string of the molecule is CC(C)OC(=O)C[C@H]1CC2C(CC[C@@H]2O)C2CCc3cc(O)ccc3C21. The van der Waals surface area contributed by atoms with Crippen LogP contribution in [0, 0.1) is 23.7 Å². The molecule has 0 heterocycles. The second kappa shape index (κ2) is 6.88. The molecule has 0 aliphatic heterocycles. The van der Waals surface area contributed by atoms with Gasteiger partial charge in [0, 0.05) is 6.42 Å². The van der Waals surface area contributed by atoms with E-state index < -0.39 is 0 Å². The standard InChI is InChI=1S/C22H30O4/c1-12(2)26-21(25)11-14-10-19-17(7-8-20(19)24)18-5-3-13-9-15(23)4-6-16(13)22(14)18/h4,6,9,12,14,17-20,22-24H,3,5,7-8,10-11H2,1-2H3/t14-,17?,18?,19?,20+,22?/m1/s1. The molecule has 2 saturated carbocycles. The van der Waals surface area contributed by atoms with Crippen molar-refractivity contribution in [2.75, 3.05) is 0 Å². The van der Waals surface area contributed by atoms with Crippen LogP contribution in [0.5, 0.6) is 5.75 Å². The highest BCUT2D eigenvalue weighted by Gasteiger charge is 2.51. The highest BCUT2D eigenvalue weighted by molar-refractivity contribution is 5.70. The maximum Gasteiger partial charge on any atom is 0.306 e. The second-order valence-electron chi connectivity index (χ2n) is 8.82. The molecule has 26 heavy (non-hydrogen) atoms. The van der Waals surface area contributed by atoms with E-state index in [0.29, 0.717) is 35.8 Å². The number of hydrogen-bond acceptors (Lipinski definition) is 4. The van der Waals surface area contributed by atoms with E-state index in [2.05, 4.69) is 6.07 Å². The van der Waals surface area contributed by atoms with Crippen molar-refractivity contribution in [2.45, 2.75) is 70.5 Å². The molecule has 4 rings (SSSR count). The smallest absolute Gasteiger partial charge is 0.306 e. The molecule has 0 spiro atoms. The third kappa shape index (κ3) is 3.13. The molecule has 0 saturated heterocycles. The normalized spacial score (nSPS) is 35.5. The number of carbonyl (C=O) groups is 1. The summed E-state index contributed by atoms with van der Waals surface area (Å²) in [6, 6.07) is 5.74. The molecule has 6 atom stereocenters. The van der Waals surface area contributed by atoms with Gasteiger partial charge in [0.25, 0.3) is 0 Å². The number of aryl methyl sites for hydroxylation is 1. The van der Waals surface area contributed by atoms with Crippen LogP contribution in [0.2, 0.25) is 0 Å². The zero-order chi connectivity index (χ0) is 18.4. The Balaban J connectivity index is 1.66. The molecule has 3 aliphatic rings. The summed E-state index contributed by atoms with van der Waals surface area (Å²) in [5.41, 5.74) is 2.53. The molecule has 4 nitrogen and oxygen atoms in total. The molecule has 0 radical (unpaired) electrons. The van der Waals surface area contributed by atoms with Crippen LogP contribution in [0.3, 0.4) is 0 Å². The van der Waals surface area contributed by atoms with Crippen molar-refractivity contribution in [3.63, 3.8) is 0 Å². The number of aliphatic hydroxyl groups is 1. The fourth-order valence-electron chi connectivity index (χ4n) is 6.12. The number of phenolic OH excluding ortho intramolecular Hbond substituents is 1. The van der Waals surface area contributed by atoms with Crippen LogP contribution in [0.1, 0.15) is 63.0 Å². The molecule has 2 fully saturated rings. The van der Waals surface area contributed by atoms with Crippen LogP contribution in [-0.4, -0.2) is 28.4 Å².